The molecular weight excluding hydrogens is 483 g/mol. The number of rotatable bonds is 13. The minimum absolute atomic E-state index is 0.0290. The predicted molar refractivity (Wildman–Crippen MR) is 149 cm³/mol. The van der Waals surface area contributed by atoms with Crippen molar-refractivity contribution in [1.82, 2.24) is 16.0 Å². The number of amides is 3. The number of carbonyl (C=O) groups is 3. The van der Waals surface area contributed by atoms with E-state index in [0.717, 1.165) is 19.3 Å². The highest BCUT2D eigenvalue weighted by Gasteiger charge is 2.68. The van der Waals surface area contributed by atoms with Crippen molar-refractivity contribution in [3.05, 3.63) is 0 Å². The van der Waals surface area contributed by atoms with E-state index in [-0.39, 0.29) is 46.7 Å². The summed E-state index contributed by atoms with van der Waals surface area (Å²) in [4.78, 5) is 38.6. The predicted octanol–water partition coefficient (Wildman–Crippen LogP) is 2.56. The molecule has 216 valence electrons. The van der Waals surface area contributed by atoms with Crippen molar-refractivity contribution in [2.45, 2.75) is 124 Å². The third-order valence-corrected chi connectivity index (χ3v) is 9.21. The van der Waals surface area contributed by atoms with Crippen molar-refractivity contribution in [3.8, 4) is 0 Å². The molecule has 0 aromatic heterocycles. The summed E-state index contributed by atoms with van der Waals surface area (Å²) >= 11 is 0. The quantitative estimate of drug-likeness (QED) is 0.212. The summed E-state index contributed by atoms with van der Waals surface area (Å²) in [7, 11) is -0.531. The maximum absolute atomic E-state index is 13.6. The molecule has 5 N–H and O–H groups in total. The molecule has 2 unspecified atom stereocenters. The summed E-state index contributed by atoms with van der Waals surface area (Å²) in [6.07, 6.45) is 4.78. The zero-order valence-corrected chi connectivity index (χ0v) is 24.8. The van der Waals surface area contributed by atoms with Crippen molar-refractivity contribution < 1.29 is 23.7 Å². The highest BCUT2D eigenvalue weighted by Crippen LogP contribution is 2.65. The third-order valence-electron chi connectivity index (χ3n) is 9.21. The average Bonchev–Trinajstić information content (AvgIpc) is 3.19. The van der Waals surface area contributed by atoms with E-state index in [4.69, 9.17) is 15.0 Å². The van der Waals surface area contributed by atoms with Crippen LogP contribution in [-0.4, -0.2) is 61.1 Å². The summed E-state index contributed by atoms with van der Waals surface area (Å²) < 4.78 is 13.2. The van der Waals surface area contributed by atoms with Crippen LogP contribution in [-0.2, 0) is 23.7 Å². The number of nitrogens with one attached hydrogen (secondary N) is 3. The number of hydrogen-bond donors (Lipinski definition) is 4. The van der Waals surface area contributed by atoms with Crippen LogP contribution in [0.1, 0.15) is 93.9 Å². The van der Waals surface area contributed by atoms with Gasteiger partial charge in [-0.05, 0) is 82.1 Å². The van der Waals surface area contributed by atoms with Gasteiger partial charge in [0.05, 0.1) is 17.6 Å². The fraction of sp³-hybridized carbons (Fsp3) is 0.893. The highest BCUT2D eigenvalue weighted by molar-refractivity contribution is 6.48. The minimum Gasteiger partial charge on any atom is -0.404 e. The van der Waals surface area contributed by atoms with E-state index in [2.05, 4.69) is 50.6 Å². The SMILES string of the molecule is CC(C)C[C@H](NC(=O)C(CCCCN)NC(=O)C(C)NC(=O)C(C)C)B1O[C@@H]2C[C@@H]3C[C@@H](C3(C)C)[C@]2(C)O1. The van der Waals surface area contributed by atoms with Crippen LogP contribution in [0, 0.1) is 29.1 Å². The molecule has 7 atom stereocenters. The van der Waals surface area contributed by atoms with E-state index in [1.807, 2.05) is 0 Å². The van der Waals surface area contributed by atoms with Crippen LogP contribution in [0.2, 0.25) is 0 Å². The van der Waals surface area contributed by atoms with Gasteiger partial charge in [0.15, 0.2) is 0 Å². The molecule has 9 nitrogen and oxygen atoms in total. The van der Waals surface area contributed by atoms with E-state index in [9.17, 15) is 14.4 Å². The molecule has 3 amide bonds. The highest BCUT2D eigenvalue weighted by atomic mass is 16.7. The molecule has 3 saturated carbocycles. The first-order valence-electron chi connectivity index (χ1n) is 14.6. The van der Waals surface area contributed by atoms with Gasteiger partial charge in [-0.1, -0.05) is 41.5 Å². The maximum atomic E-state index is 13.6. The Kier molecular flexibility index (Phi) is 9.96. The Morgan fingerprint density at radius 2 is 1.63 bits per heavy atom. The molecule has 38 heavy (non-hydrogen) atoms. The zero-order valence-electron chi connectivity index (χ0n) is 24.8. The lowest BCUT2D eigenvalue weighted by Crippen LogP contribution is -2.65. The van der Waals surface area contributed by atoms with Crippen LogP contribution >= 0.6 is 0 Å². The smallest absolute Gasteiger partial charge is 0.404 e. The van der Waals surface area contributed by atoms with E-state index in [1.54, 1.807) is 20.8 Å². The molecule has 1 saturated heterocycles. The van der Waals surface area contributed by atoms with Gasteiger partial charge in [0.1, 0.15) is 12.1 Å². The molecule has 0 spiro atoms. The number of carbonyl (C=O) groups excluding carboxylic acids is 3. The molecule has 4 aliphatic rings. The number of nitrogens with two attached hydrogens (primary N) is 1. The van der Waals surface area contributed by atoms with Crippen LogP contribution < -0.4 is 21.7 Å². The molecule has 1 heterocycles. The van der Waals surface area contributed by atoms with Crippen LogP contribution in [0.15, 0.2) is 0 Å². The number of unbranched alkanes of at least 4 members (excludes halogenated alkanes) is 1. The van der Waals surface area contributed by atoms with Gasteiger partial charge in [-0.3, -0.25) is 14.4 Å². The molecule has 1 aliphatic heterocycles. The van der Waals surface area contributed by atoms with E-state index in [0.29, 0.717) is 43.6 Å². The van der Waals surface area contributed by atoms with E-state index >= 15 is 0 Å². The Morgan fingerprint density at radius 3 is 2.21 bits per heavy atom. The summed E-state index contributed by atoms with van der Waals surface area (Å²) in [5.74, 6) is -0.0424. The lowest BCUT2D eigenvalue weighted by molar-refractivity contribution is -0.199. The first-order chi connectivity index (χ1) is 17.7. The summed E-state index contributed by atoms with van der Waals surface area (Å²) in [5.41, 5.74) is 5.55. The monoisotopic (exact) mass is 534 g/mol. The fourth-order valence-corrected chi connectivity index (χ4v) is 6.60. The van der Waals surface area contributed by atoms with Gasteiger partial charge in [-0.25, -0.2) is 0 Å². The Hall–Kier alpha value is -1.65. The van der Waals surface area contributed by atoms with Crippen molar-refractivity contribution in [3.63, 3.8) is 0 Å². The molecule has 10 heteroatoms. The van der Waals surface area contributed by atoms with E-state index < -0.39 is 19.2 Å². The Balaban J connectivity index is 1.70. The first kappa shape index (κ1) is 30.9. The largest absolute Gasteiger partial charge is 0.481 e. The van der Waals surface area contributed by atoms with Crippen LogP contribution in [0.3, 0.4) is 0 Å². The van der Waals surface area contributed by atoms with Gasteiger partial charge in [0, 0.05) is 5.92 Å². The van der Waals surface area contributed by atoms with Gasteiger partial charge in [-0.2, -0.15) is 0 Å². The maximum Gasteiger partial charge on any atom is 0.481 e. The average molecular weight is 535 g/mol. The summed E-state index contributed by atoms with van der Waals surface area (Å²) in [5, 5.41) is 8.74. The lowest BCUT2D eigenvalue weighted by atomic mass is 9.43. The van der Waals surface area contributed by atoms with Gasteiger partial charge >= 0.3 is 7.12 Å². The topological polar surface area (TPSA) is 132 Å². The first-order valence-corrected chi connectivity index (χ1v) is 14.6. The van der Waals surface area contributed by atoms with Crippen LogP contribution in [0.4, 0.5) is 0 Å². The van der Waals surface area contributed by atoms with Crippen molar-refractivity contribution in [2.24, 2.45) is 34.8 Å². The second kappa shape index (κ2) is 12.3. The summed E-state index contributed by atoms with van der Waals surface area (Å²) in [6, 6.07) is -1.49. The van der Waals surface area contributed by atoms with E-state index in [1.165, 1.54) is 0 Å². The summed E-state index contributed by atoms with van der Waals surface area (Å²) in [6.45, 7) is 16.7. The standard InChI is InChI=1S/C28H51BN4O5/c1-16(2)13-23(29-37-22-15-19-14-21(27(19,6)7)28(22,8)38-29)33-26(36)20(11-9-10-12-30)32-25(35)18(5)31-24(34)17(3)4/h16-23H,9-15,30H2,1-8H3,(H,31,34)(H,32,35)(H,33,36)/t18?,19-,20?,21-,22+,23-,28-/m0/s1. The second-order valence-corrected chi connectivity index (χ2v) is 13.3. The molecule has 4 fully saturated rings. The molecule has 0 radical (unpaired) electrons. The Labute approximate surface area is 229 Å². The number of hydrogen-bond acceptors (Lipinski definition) is 6. The molecular formula is C28H51BN4O5. The molecule has 0 aromatic carbocycles. The lowest BCUT2D eigenvalue weighted by Gasteiger charge is -2.64. The van der Waals surface area contributed by atoms with Gasteiger partial charge < -0.3 is 31.0 Å². The van der Waals surface area contributed by atoms with Crippen molar-refractivity contribution in [2.75, 3.05) is 6.54 Å². The molecule has 3 aliphatic carbocycles. The van der Waals surface area contributed by atoms with Crippen molar-refractivity contribution >= 4 is 24.8 Å². The van der Waals surface area contributed by atoms with Crippen LogP contribution in [0.25, 0.3) is 0 Å². The third kappa shape index (κ3) is 6.56. The Bertz CT molecular complexity index is 868. The van der Waals surface area contributed by atoms with Gasteiger partial charge in [0.2, 0.25) is 17.7 Å². The minimum atomic E-state index is -0.749. The molecule has 0 aromatic rings. The fourth-order valence-electron chi connectivity index (χ4n) is 6.60. The van der Waals surface area contributed by atoms with Crippen molar-refractivity contribution in [1.29, 1.82) is 0 Å². The normalized spacial score (nSPS) is 29.8. The molecule has 4 rings (SSSR count). The molecule has 2 bridgehead atoms. The zero-order chi connectivity index (χ0) is 28.4. The van der Waals surface area contributed by atoms with Gasteiger partial charge in [0.25, 0.3) is 0 Å². The van der Waals surface area contributed by atoms with Gasteiger partial charge in [-0.15, -0.1) is 0 Å². The Morgan fingerprint density at radius 1 is 0.947 bits per heavy atom. The van der Waals surface area contributed by atoms with Crippen LogP contribution in [0.5, 0.6) is 0 Å². The second-order valence-electron chi connectivity index (χ2n) is 13.3.